The number of aryl methyl sites for hydroxylation is 2. The molecule has 122 valence electrons. The fourth-order valence-corrected chi connectivity index (χ4v) is 2.25. The number of amides is 1. The van der Waals surface area contributed by atoms with Crippen LogP contribution in [0.3, 0.4) is 0 Å². The Bertz CT molecular complexity index is 653. The number of nitrogens with zero attached hydrogens (tertiary/aromatic N) is 2. The lowest BCUT2D eigenvalue weighted by Crippen LogP contribution is -2.26. The van der Waals surface area contributed by atoms with Crippen molar-refractivity contribution in [1.29, 1.82) is 0 Å². The fraction of sp³-hybridized carbons (Fsp3) is 0.353. The van der Waals surface area contributed by atoms with Crippen molar-refractivity contribution in [2.24, 2.45) is 0 Å². The standard InChI is InChI=1S/C17H22N4O2/c1-12-7-13(2)9-14(8-12)21-16-10-15(19-11-20-16)17(22)18-5-4-6-23-3/h7-11H,4-6H2,1-3H3,(H,18,22)(H,19,20,21). The molecule has 23 heavy (non-hydrogen) atoms. The Morgan fingerprint density at radius 1 is 1.13 bits per heavy atom. The van der Waals surface area contributed by atoms with Crippen LogP contribution in [0.25, 0.3) is 0 Å². The Labute approximate surface area is 136 Å². The van der Waals surface area contributed by atoms with Gasteiger partial charge in [-0.3, -0.25) is 4.79 Å². The molecule has 1 heterocycles. The molecule has 1 amide bonds. The first-order chi connectivity index (χ1) is 11.1. The summed E-state index contributed by atoms with van der Waals surface area (Å²) in [6.07, 6.45) is 2.15. The molecule has 0 aliphatic rings. The molecule has 1 aromatic heterocycles. The molecule has 0 aliphatic heterocycles. The van der Waals surface area contributed by atoms with E-state index in [-0.39, 0.29) is 5.91 Å². The summed E-state index contributed by atoms with van der Waals surface area (Å²) >= 11 is 0. The van der Waals surface area contributed by atoms with Crippen LogP contribution in [0, 0.1) is 13.8 Å². The van der Waals surface area contributed by atoms with Gasteiger partial charge >= 0.3 is 0 Å². The Balaban J connectivity index is 2.03. The van der Waals surface area contributed by atoms with Gasteiger partial charge in [-0.2, -0.15) is 0 Å². The van der Waals surface area contributed by atoms with Gasteiger partial charge in [-0.05, 0) is 43.5 Å². The maximum atomic E-state index is 12.1. The van der Waals surface area contributed by atoms with E-state index >= 15 is 0 Å². The molecular weight excluding hydrogens is 292 g/mol. The number of methoxy groups -OCH3 is 1. The molecule has 0 bridgehead atoms. The van der Waals surface area contributed by atoms with E-state index in [1.165, 1.54) is 6.33 Å². The smallest absolute Gasteiger partial charge is 0.270 e. The largest absolute Gasteiger partial charge is 0.385 e. The van der Waals surface area contributed by atoms with Crippen molar-refractivity contribution in [3.05, 3.63) is 47.4 Å². The number of ether oxygens (including phenoxy) is 1. The molecule has 6 heteroatoms. The molecule has 2 N–H and O–H groups in total. The number of nitrogens with one attached hydrogen (secondary N) is 2. The second kappa shape index (κ2) is 8.24. The van der Waals surface area contributed by atoms with Crippen LogP contribution in [-0.4, -0.2) is 36.1 Å². The number of carbonyl (C=O) groups is 1. The van der Waals surface area contributed by atoms with E-state index < -0.39 is 0 Å². The topological polar surface area (TPSA) is 76.1 Å². The van der Waals surface area contributed by atoms with Crippen LogP contribution in [-0.2, 0) is 4.74 Å². The minimum absolute atomic E-state index is 0.216. The number of hydrogen-bond donors (Lipinski definition) is 2. The number of hydrogen-bond acceptors (Lipinski definition) is 5. The van der Waals surface area contributed by atoms with Crippen molar-refractivity contribution < 1.29 is 9.53 Å². The van der Waals surface area contributed by atoms with Gasteiger partial charge in [0.1, 0.15) is 17.8 Å². The Morgan fingerprint density at radius 2 is 1.87 bits per heavy atom. The number of anilines is 2. The van der Waals surface area contributed by atoms with Crippen molar-refractivity contribution in [3.8, 4) is 0 Å². The van der Waals surface area contributed by atoms with Gasteiger partial charge < -0.3 is 15.4 Å². The molecule has 2 rings (SSSR count). The highest BCUT2D eigenvalue weighted by atomic mass is 16.5. The second-order valence-electron chi connectivity index (χ2n) is 5.39. The van der Waals surface area contributed by atoms with Crippen LogP contribution in [0.4, 0.5) is 11.5 Å². The third-order valence-corrected chi connectivity index (χ3v) is 3.20. The average Bonchev–Trinajstić information content (AvgIpc) is 2.50. The van der Waals surface area contributed by atoms with Gasteiger partial charge in [-0.15, -0.1) is 0 Å². The van der Waals surface area contributed by atoms with Crippen molar-refractivity contribution >= 4 is 17.4 Å². The van der Waals surface area contributed by atoms with Crippen LogP contribution < -0.4 is 10.6 Å². The predicted octanol–water partition coefficient (Wildman–Crippen LogP) is 2.60. The summed E-state index contributed by atoms with van der Waals surface area (Å²) in [6, 6.07) is 7.80. The average molecular weight is 314 g/mol. The number of carbonyl (C=O) groups excluding carboxylic acids is 1. The van der Waals surface area contributed by atoms with Crippen LogP contribution >= 0.6 is 0 Å². The zero-order valence-electron chi connectivity index (χ0n) is 13.7. The second-order valence-corrected chi connectivity index (χ2v) is 5.39. The lowest BCUT2D eigenvalue weighted by Gasteiger charge is -2.09. The Kier molecular flexibility index (Phi) is 6.05. The zero-order chi connectivity index (χ0) is 16.7. The van der Waals surface area contributed by atoms with Crippen molar-refractivity contribution in [3.63, 3.8) is 0 Å². The van der Waals surface area contributed by atoms with E-state index in [4.69, 9.17) is 4.74 Å². The van der Waals surface area contributed by atoms with E-state index in [1.807, 2.05) is 26.0 Å². The summed E-state index contributed by atoms with van der Waals surface area (Å²) in [6.45, 7) is 5.24. The van der Waals surface area contributed by atoms with Crippen LogP contribution in [0.2, 0.25) is 0 Å². The number of aromatic nitrogens is 2. The van der Waals surface area contributed by atoms with Crippen molar-refractivity contribution in [2.75, 3.05) is 25.6 Å². The summed E-state index contributed by atoms with van der Waals surface area (Å²) in [5.74, 6) is 0.374. The highest BCUT2D eigenvalue weighted by Crippen LogP contribution is 2.18. The van der Waals surface area contributed by atoms with E-state index in [2.05, 4.69) is 26.7 Å². The third-order valence-electron chi connectivity index (χ3n) is 3.20. The molecule has 0 unspecified atom stereocenters. The lowest BCUT2D eigenvalue weighted by atomic mass is 10.1. The molecule has 0 saturated heterocycles. The molecule has 0 saturated carbocycles. The Hall–Kier alpha value is -2.47. The van der Waals surface area contributed by atoms with Crippen LogP contribution in [0.15, 0.2) is 30.6 Å². The highest BCUT2D eigenvalue weighted by Gasteiger charge is 2.08. The molecule has 2 aromatic rings. The van der Waals surface area contributed by atoms with Gasteiger partial charge in [0, 0.05) is 32.0 Å². The molecular formula is C17H22N4O2. The van der Waals surface area contributed by atoms with E-state index in [1.54, 1.807) is 13.2 Å². The van der Waals surface area contributed by atoms with Crippen LogP contribution in [0.1, 0.15) is 28.0 Å². The maximum Gasteiger partial charge on any atom is 0.270 e. The summed E-state index contributed by atoms with van der Waals surface area (Å²) in [4.78, 5) is 20.2. The first-order valence-corrected chi connectivity index (χ1v) is 7.53. The highest BCUT2D eigenvalue weighted by molar-refractivity contribution is 5.92. The van der Waals surface area contributed by atoms with Crippen molar-refractivity contribution in [1.82, 2.24) is 15.3 Å². The SMILES string of the molecule is COCCCNC(=O)c1cc(Nc2cc(C)cc(C)c2)ncn1. The van der Waals surface area contributed by atoms with Gasteiger partial charge in [-0.1, -0.05) is 6.07 Å². The van der Waals surface area contributed by atoms with Gasteiger partial charge in [0.2, 0.25) is 0 Å². The molecule has 0 spiro atoms. The summed E-state index contributed by atoms with van der Waals surface area (Å²) < 4.78 is 4.95. The molecule has 0 aliphatic carbocycles. The summed E-state index contributed by atoms with van der Waals surface area (Å²) in [5, 5.41) is 6.01. The summed E-state index contributed by atoms with van der Waals surface area (Å²) in [7, 11) is 1.64. The third kappa shape index (κ3) is 5.34. The van der Waals surface area contributed by atoms with Gasteiger partial charge in [0.25, 0.3) is 5.91 Å². The van der Waals surface area contributed by atoms with Crippen LogP contribution in [0.5, 0.6) is 0 Å². The zero-order valence-corrected chi connectivity index (χ0v) is 13.7. The maximum absolute atomic E-state index is 12.1. The Morgan fingerprint density at radius 3 is 2.57 bits per heavy atom. The number of benzene rings is 1. The van der Waals surface area contributed by atoms with Crippen molar-refractivity contribution in [2.45, 2.75) is 20.3 Å². The normalized spacial score (nSPS) is 10.4. The van der Waals surface area contributed by atoms with E-state index in [0.29, 0.717) is 24.7 Å². The molecule has 6 nitrogen and oxygen atoms in total. The fourth-order valence-electron chi connectivity index (χ4n) is 2.25. The van der Waals surface area contributed by atoms with Gasteiger partial charge in [0.05, 0.1) is 0 Å². The number of rotatable bonds is 7. The predicted molar refractivity (Wildman–Crippen MR) is 90.1 cm³/mol. The quantitative estimate of drug-likeness (QED) is 0.768. The molecule has 0 radical (unpaired) electrons. The summed E-state index contributed by atoms with van der Waals surface area (Å²) in [5.41, 5.74) is 3.60. The lowest BCUT2D eigenvalue weighted by molar-refractivity contribution is 0.0943. The molecule has 0 fully saturated rings. The van der Waals surface area contributed by atoms with Gasteiger partial charge in [0.15, 0.2) is 0 Å². The minimum Gasteiger partial charge on any atom is -0.385 e. The minimum atomic E-state index is -0.216. The molecule has 0 atom stereocenters. The van der Waals surface area contributed by atoms with E-state index in [0.717, 1.165) is 23.2 Å². The first kappa shape index (κ1) is 16.9. The van der Waals surface area contributed by atoms with Gasteiger partial charge in [-0.25, -0.2) is 9.97 Å². The first-order valence-electron chi connectivity index (χ1n) is 7.53. The van der Waals surface area contributed by atoms with E-state index in [9.17, 15) is 4.79 Å². The molecule has 1 aromatic carbocycles. The monoisotopic (exact) mass is 314 g/mol.